The number of carbonyl (C=O) groups is 1. The standard InChI is InChI=1S/C20H21BrN2O3/c1-25-18-9-8-13(21)11-16(18)19-22-17-7-3-2-6-15(17)20(24)23(19)12-14-5-4-10-26-14/h2-3,6-9,11,14,19,22H,4-5,10,12H2,1H3/t14-,19-/m1/s1. The second kappa shape index (κ2) is 7.29. The van der Waals surface area contributed by atoms with E-state index in [9.17, 15) is 4.79 Å². The van der Waals surface area contributed by atoms with Crippen molar-refractivity contribution in [2.45, 2.75) is 25.1 Å². The summed E-state index contributed by atoms with van der Waals surface area (Å²) in [5, 5.41) is 3.52. The van der Waals surface area contributed by atoms with Crippen LogP contribution >= 0.6 is 15.9 Å². The Bertz CT molecular complexity index is 820. The molecule has 1 N–H and O–H groups in total. The summed E-state index contributed by atoms with van der Waals surface area (Å²) in [6.07, 6.45) is 1.79. The van der Waals surface area contributed by atoms with Gasteiger partial charge in [-0.3, -0.25) is 4.79 Å². The molecule has 0 radical (unpaired) electrons. The first-order chi connectivity index (χ1) is 12.7. The van der Waals surface area contributed by atoms with Crippen LogP contribution in [-0.2, 0) is 4.74 Å². The van der Waals surface area contributed by atoms with Gasteiger partial charge in [-0.1, -0.05) is 28.1 Å². The van der Waals surface area contributed by atoms with Gasteiger partial charge in [-0.05, 0) is 43.2 Å². The van der Waals surface area contributed by atoms with Crippen molar-refractivity contribution in [1.82, 2.24) is 4.90 Å². The van der Waals surface area contributed by atoms with Crippen LogP contribution in [-0.4, -0.2) is 37.2 Å². The predicted octanol–water partition coefficient (Wildman–Crippen LogP) is 4.20. The number of halogens is 1. The monoisotopic (exact) mass is 416 g/mol. The minimum absolute atomic E-state index is 0.0156. The minimum atomic E-state index is -0.311. The molecule has 136 valence electrons. The number of ether oxygens (including phenoxy) is 2. The Morgan fingerprint density at radius 2 is 2.15 bits per heavy atom. The van der Waals surface area contributed by atoms with Gasteiger partial charge in [-0.2, -0.15) is 0 Å². The summed E-state index contributed by atoms with van der Waals surface area (Å²) >= 11 is 3.54. The fraction of sp³-hybridized carbons (Fsp3) is 0.350. The molecule has 2 atom stereocenters. The molecule has 1 amide bonds. The second-order valence-corrected chi connectivity index (χ2v) is 7.49. The molecule has 4 rings (SSSR count). The number of fused-ring (bicyclic) bond motifs is 1. The van der Waals surface area contributed by atoms with Crippen LogP contribution in [0, 0.1) is 0 Å². The fourth-order valence-corrected chi connectivity index (χ4v) is 4.03. The predicted molar refractivity (Wildman–Crippen MR) is 104 cm³/mol. The normalized spacial score (nSPS) is 22.1. The van der Waals surface area contributed by atoms with Gasteiger partial charge < -0.3 is 19.7 Å². The number of hydrogen-bond donors (Lipinski definition) is 1. The molecule has 0 bridgehead atoms. The highest BCUT2D eigenvalue weighted by Gasteiger charge is 2.36. The van der Waals surface area contributed by atoms with Crippen molar-refractivity contribution in [1.29, 1.82) is 0 Å². The molecule has 0 saturated carbocycles. The van der Waals surface area contributed by atoms with Crippen LogP contribution in [0.5, 0.6) is 5.75 Å². The first-order valence-corrected chi connectivity index (χ1v) is 9.58. The molecule has 0 unspecified atom stereocenters. The van der Waals surface area contributed by atoms with Gasteiger partial charge in [0.2, 0.25) is 0 Å². The summed E-state index contributed by atoms with van der Waals surface area (Å²) in [7, 11) is 1.65. The highest BCUT2D eigenvalue weighted by atomic mass is 79.9. The molecule has 0 spiro atoms. The summed E-state index contributed by atoms with van der Waals surface area (Å²) in [6.45, 7) is 1.32. The smallest absolute Gasteiger partial charge is 0.257 e. The van der Waals surface area contributed by atoms with E-state index in [4.69, 9.17) is 9.47 Å². The van der Waals surface area contributed by atoms with Crippen LogP contribution < -0.4 is 10.1 Å². The summed E-state index contributed by atoms with van der Waals surface area (Å²) in [6, 6.07) is 13.5. The number of nitrogens with zero attached hydrogens (tertiary/aromatic N) is 1. The number of para-hydroxylation sites is 1. The molecule has 0 aliphatic carbocycles. The Balaban J connectivity index is 1.77. The molecule has 2 aliphatic heterocycles. The molecule has 2 aliphatic rings. The van der Waals surface area contributed by atoms with E-state index in [1.807, 2.05) is 47.4 Å². The van der Waals surface area contributed by atoms with E-state index in [1.54, 1.807) is 7.11 Å². The summed E-state index contributed by atoms with van der Waals surface area (Å²) in [4.78, 5) is 15.1. The molecule has 2 aromatic rings. The summed E-state index contributed by atoms with van der Waals surface area (Å²) in [5.74, 6) is 0.761. The largest absolute Gasteiger partial charge is 0.496 e. The van der Waals surface area contributed by atoms with Gasteiger partial charge in [-0.25, -0.2) is 0 Å². The van der Waals surface area contributed by atoms with Crippen LogP contribution in [0.3, 0.4) is 0 Å². The molecule has 0 aromatic heterocycles. The van der Waals surface area contributed by atoms with Gasteiger partial charge in [-0.15, -0.1) is 0 Å². The van der Waals surface area contributed by atoms with E-state index in [1.165, 1.54) is 0 Å². The van der Waals surface area contributed by atoms with Crippen LogP contribution in [0.4, 0.5) is 5.69 Å². The van der Waals surface area contributed by atoms with E-state index in [2.05, 4.69) is 21.2 Å². The minimum Gasteiger partial charge on any atom is -0.496 e. The quantitative estimate of drug-likeness (QED) is 0.810. The van der Waals surface area contributed by atoms with Gasteiger partial charge in [0.25, 0.3) is 5.91 Å². The number of rotatable bonds is 4. The SMILES string of the molecule is COc1ccc(Br)cc1[C@@H]1Nc2ccccc2C(=O)N1C[C@H]1CCCO1. The third-order valence-electron chi connectivity index (χ3n) is 4.93. The van der Waals surface area contributed by atoms with Gasteiger partial charge in [0.1, 0.15) is 11.9 Å². The van der Waals surface area contributed by atoms with Crippen molar-refractivity contribution in [3.8, 4) is 5.75 Å². The van der Waals surface area contributed by atoms with Crippen LogP contribution in [0.25, 0.3) is 0 Å². The average Bonchev–Trinajstić information content (AvgIpc) is 3.17. The summed E-state index contributed by atoms with van der Waals surface area (Å²) in [5.41, 5.74) is 2.45. The number of methoxy groups -OCH3 is 1. The van der Waals surface area contributed by atoms with Gasteiger partial charge in [0.15, 0.2) is 0 Å². The number of benzene rings is 2. The Labute approximate surface area is 161 Å². The molecular formula is C20H21BrN2O3. The number of amides is 1. The fourth-order valence-electron chi connectivity index (χ4n) is 3.65. The Kier molecular flexibility index (Phi) is 4.87. The molecule has 26 heavy (non-hydrogen) atoms. The number of nitrogens with one attached hydrogen (secondary N) is 1. The van der Waals surface area contributed by atoms with E-state index in [-0.39, 0.29) is 18.2 Å². The first kappa shape index (κ1) is 17.4. The molecule has 2 heterocycles. The molecule has 1 saturated heterocycles. The lowest BCUT2D eigenvalue weighted by molar-refractivity contribution is 0.0424. The Hall–Kier alpha value is -2.05. The first-order valence-electron chi connectivity index (χ1n) is 8.79. The molecule has 5 nitrogen and oxygen atoms in total. The molecular weight excluding hydrogens is 396 g/mol. The van der Waals surface area contributed by atoms with Crippen molar-refractivity contribution in [3.05, 3.63) is 58.1 Å². The lowest BCUT2D eigenvalue weighted by Gasteiger charge is -2.39. The lowest BCUT2D eigenvalue weighted by atomic mass is 10.0. The zero-order valence-corrected chi connectivity index (χ0v) is 16.2. The Morgan fingerprint density at radius 3 is 2.92 bits per heavy atom. The molecule has 1 fully saturated rings. The van der Waals surface area contributed by atoms with Crippen LogP contribution in [0.1, 0.15) is 34.9 Å². The maximum atomic E-state index is 13.3. The highest BCUT2D eigenvalue weighted by molar-refractivity contribution is 9.10. The van der Waals surface area contributed by atoms with Crippen molar-refractivity contribution in [2.75, 3.05) is 25.6 Å². The van der Waals surface area contributed by atoms with Gasteiger partial charge in [0.05, 0.1) is 18.8 Å². The van der Waals surface area contributed by atoms with Crippen molar-refractivity contribution in [2.24, 2.45) is 0 Å². The van der Waals surface area contributed by atoms with E-state index in [0.717, 1.165) is 40.9 Å². The number of carbonyl (C=O) groups excluding carboxylic acids is 1. The van der Waals surface area contributed by atoms with Crippen LogP contribution in [0.15, 0.2) is 46.9 Å². The topological polar surface area (TPSA) is 50.8 Å². The average molecular weight is 417 g/mol. The molecule has 2 aromatic carbocycles. The van der Waals surface area contributed by atoms with Gasteiger partial charge >= 0.3 is 0 Å². The van der Waals surface area contributed by atoms with Crippen molar-refractivity contribution >= 4 is 27.5 Å². The lowest BCUT2D eigenvalue weighted by Crippen LogP contribution is -2.46. The van der Waals surface area contributed by atoms with Crippen molar-refractivity contribution < 1.29 is 14.3 Å². The maximum absolute atomic E-state index is 13.3. The summed E-state index contributed by atoms with van der Waals surface area (Å²) < 4.78 is 12.3. The second-order valence-electron chi connectivity index (χ2n) is 6.57. The number of anilines is 1. The maximum Gasteiger partial charge on any atom is 0.257 e. The highest BCUT2D eigenvalue weighted by Crippen LogP contribution is 2.38. The zero-order valence-electron chi connectivity index (χ0n) is 14.6. The van der Waals surface area contributed by atoms with Gasteiger partial charge in [0, 0.05) is 28.9 Å². The zero-order chi connectivity index (χ0) is 18.1. The molecule has 6 heteroatoms. The number of hydrogen-bond acceptors (Lipinski definition) is 4. The third-order valence-corrected chi connectivity index (χ3v) is 5.43. The van der Waals surface area contributed by atoms with E-state index in [0.29, 0.717) is 12.1 Å². The van der Waals surface area contributed by atoms with Crippen LogP contribution in [0.2, 0.25) is 0 Å². The van der Waals surface area contributed by atoms with Crippen molar-refractivity contribution in [3.63, 3.8) is 0 Å². The van der Waals surface area contributed by atoms with E-state index < -0.39 is 0 Å². The Morgan fingerprint density at radius 1 is 1.31 bits per heavy atom. The van der Waals surface area contributed by atoms with E-state index >= 15 is 0 Å². The third kappa shape index (κ3) is 3.19.